The quantitative estimate of drug-likeness (QED) is 0.582. The van der Waals surface area contributed by atoms with Crippen LogP contribution in [-0.4, -0.2) is 30.6 Å². The fraction of sp³-hybridized carbons (Fsp3) is 0.409. The lowest BCUT2D eigenvalue weighted by Gasteiger charge is -2.26. The Balaban J connectivity index is 1.61. The van der Waals surface area contributed by atoms with Crippen LogP contribution in [0.4, 0.5) is 0 Å². The lowest BCUT2D eigenvalue weighted by molar-refractivity contribution is 0.262. The Bertz CT molecular complexity index is 770. The summed E-state index contributed by atoms with van der Waals surface area (Å²) >= 11 is 0. The molecule has 0 saturated heterocycles. The highest BCUT2D eigenvalue weighted by molar-refractivity contribution is 5.78. The number of nitrogens with one attached hydrogen (secondary N) is 1. The van der Waals surface area contributed by atoms with Gasteiger partial charge in [0.25, 0.3) is 0 Å². The first-order chi connectivity index (χ1) is 13.2. The molecule has 2 aromatic rings. The van der Waals surface area contributed by atoms with Crippen LogP contribution in [0.3, 0.4) is 0 Å². The molecule has 0 saturated carbocycles. The van der Waals surface area contributed by atoms with E-state index in [-0.39, 0.29) is 6.04 Å². The van der Waals surface area contributed by atoms with Gasteiger partial charge in [-0.15, -0.1) is 0 Å². The maximum absolute atomic E-state index is 6.16. The van der Waals surface area contributed by atoms with E-state index < -0.39 is 0 Å². The van der Waals surface area contributed by atoms with E-state index in [1.54, 1.807) is 0 Å². The lowest BCUT2D eigenvalue weighted by atomic mass is 10.0. The minimum Gasteiger partial charge on any atom is -0.493 e. The summed E-state index contributed by atoms with van der Waals surface area (Å²) in [5, 5.41) is 3.35. The van der Waals surface area contributed by atoms with Gasteiger partial charge in [-0.3, -0.25) is 4.90 Å². The SMILES string of the molecule is CCN(CC)Cc1cccc(CN=C(N)NC2CCOc3ccccc32)c1. The van der Waals surface area contributed by atoms with Gasteiger partial charge in [-0.05, 0) is 30.3 Å². The smallest absolute Gasteiger partial charge is 0.189 e. The van der Waals surface area contributed by atoms with E-state index in [4.69, 9.17) is 10.5 Å². The van der Waals surface area contributed by atoms with Crippen LogP contribution < -0.4 is 15.8 Å². The number of fused-ring (bicyclic) bond motifs is 1. The number of benzene rings is 2. The van der Waals surface area contributed by atoms with Crippen LogP contribution in [-0.2, 0) is 13.1 Å². The number of nitrogens with two attached hydrogens (primary N) is 1. The molecular formula is C22H30N4O. The summed E-state index contributed by atoms with van der Waals surface area (Å²) in [4.78, 5) is 6.95. The Morgan fingerprint density at radius 1 is 1.15 bits per heavy atom. The van der Waals surface area contributed by atoms with Crippen molar-refractivity contribution in [2.45, 2.75) is 39.4 Å². The summed E-state index contributed by atoms with van der Waals surface area (Å²) in [6.07, 6.45) is 0.882. The van der Waals surface area contributed by atoms with E-state index in [0.29, 0.717) is 19.1 Å². The molecule has 1 aliphatic rings. The Kier molecular flexibility index (Phi) is 6.71. The van der Waals surface area contributed by atoms with E-state index in [0.717, 1.165) is 37.4 Å². The summed E-state index contributed by atoms with van der Waals surface area (Å²) in [6, 6.07) is 16.8. The van der Waals surface area contributed by atoms with Gasteiger partial charge in [0, 0.05) is 18.5 Å². The largest absolute Gasteiger partial charge is 0.493 e. The molecule has 0 spiro atoms. The van der Waals surface area contributed by atoms with Gasteiger partial charge in [-0.25, -0.2) is 4.99 Å². The van der Waals surface area contributed by atoms with Gasteiger partial charge in [-0.2, -0.15) is 0 Å². The number of guanidine groups is 1. The van der Waals surface area contributed by atoms with E-state index in [1.165, 1.54) is 11.1 Å². The van der Waals surface area contributed by atoms with Crippen LogP contribution in [0, 0.1) is 0 Å². The second kappa shape index (κ2) is 9.42. The van der Waals surface area contributed by atoms with Crippen LogP contribution in [0.1, 0.15) is 43.0 Å². The van der Waals surface area contributed by atoms with Crippen molar-refractivity contribution in [3.8, 4) is 5.75 Å². The Morgan fingerprint density at radius 3 is 2.74 bits per heavy atom. The molecule has 3 N–H and O–H groups in total. The van der Waals surface area contributed by atoms with Gasteiger partial charge in [-0.1, -0.05) is 56.3 Å². The molecule has 144 valence electrons. The Morgan fingerprint density at radius 2 is 1.93 bits per heavy atom. The van der Waals surface area contributed by atoms with Gasteiger partial charge in [0.15, 0.2) is 5.96 Å². The van der Waals surface area contributed by atoms with Crippen molar-refractivity contribution in [1.29, 1.82) is 0 Å². The summed E-state index contributed by atoms with van der Waals surface area (Å²) in [7, 11) is 0. The first-order valence-electron chi connectivity index (χ1n) is 9.78. The second-order valence-corrected chi connectivity index (χ2v) is 6.85. The van der Waals surface area contributed by atoms with Crippen LogP contribution in [0.2, 0.25) is 0 Å². The lowest BCUT2D eigenvalue weighted by Crippen LogP contribution is -2.37. The fourth-order valence-corrected chi connectivity index (χ4v) is 3.42. The normalized spacial score (nSPS) is 16.7. The van der Waals surface area contributed by atoms with Gasteiger partial charge < -0.3 is 15.8 Å². The first-order valence-corrected chi connectivity index (χ1v) is 9.78. The maximum Gasteiger partial charge on any atom is 0.189 e. The number of rotatable bonds is 7. The monoisotopic (exact) mass is 366 g/mol. The molecule has 27 heavy (non-hydrogen) atoms. The molecule has 0 aromatic heterocycles. The molecule has 0 aliphatic carbocycles. The molecule has 0 fully saturated rings. The Hall–Kier alpha value is -2.53. The third-order valence-corrected chi connectivity index (χ3v) is 5.00. The fourth-order valence-electron chi connectivity index (χ4n) is 3.42. The highest BCUT2D eigenvalue weighted by Crippen LogP contribution is 2.31. The zero-order chi connectivity index (χ0) is 19.1. The average molecular weight is 367 g/mol. The standard InChI is InChI=1S/C22H30N4O/c1-3-26(4-2)16-18-9-7-8-17(14-18)15-24-22(23)25-20-12-13-27-21-11-6-5-10-19(20)21/h5-11,14,20H,3-4,12-13,15-16H2,1-2H3,(H3,23,24,25). The molecule has 0 radical (unpaired) electrons. The zero-order valence-electron chi connectivity index (χ0n) is 16.3. The second-order valence-electron chi connectivity index (χ2n) is 6.85. The zero-order valence-corrected chi connectivity index (χ0v) is 16.3. The molecule has 2 aromatic carbocycles. The molecule has 0 amide bonds. The summed E-state index contributed by atoms with van der Waals surface area (Å²) in [5.41, 5.74) is 9.80. The molecule has 1 atom stereocenters. The number of hydrogen-bond donors (Lipinski definition) is 2. The van der Waals surface area contributed by atoms with Crippen molar-refractivity contribution in [2.24, 2.45) is 10.7 Å². The van der Waals surface area contributed by atoms with E-state index >= 15 is 0 Å². The summed E-state index contributed by atoms with van der Waals surface area (Å²) in [6.45, 7) is 8.74. The topological polar surface area (TPSA) is 62.9 Å². The van der Waals surface area contributed by atoms with E-state index in [1.807, 2.05) is 18.2 Å². The predicted molar refractivity (Wildman–Crippen MR) is 111 cm³/mol. The van der Waals surface area contributed by atoms with Crippen LogP contribution in [0.25, 0.3) is 0 Å². The van der Waals surface area contributed by atoms with Gasteiger partial charge in [0.05, 0.1) is 19.2 Å². The molecule has 1 unspecified atom stereocenters. The van der Waals surface area contributed by atoms with Gasteiger partial charge >= 0.3 is 0 Å². The third-order valence-electron chi connectivity index (χ3n) is 5.00. The highest BCUT2D eigenvalue weighted by atomic mass is 16.5. The number of aliphatic imine (C=N–C) groups is 1. The number of ether oxygens (including phenoxy) is 1. The van der Waals surface area contributed by atoms with Crippen LogP contribution in [0.15, 0.2) is 53.5 Å². The van der Waals surface area contributed by atoms with Crippen molar-refractivity contribution in [3.63, 3.8) is 0 Å². The minimum atomic E-state index is 0.146. The van der Waals surface area contributed by atoms with E-state index in [2.05, 4.69) is 59.4 Å². The molecule has 5 nitrogen and oxygen atoms in total. The van der Waals surface area contributed by atoms with E-state index in [9.17, 15) is 0 Å². The van der Waals surface area contributed by atoms with Crippen molar-refractivity contribution in [3.05, 3.63) is 65.2 Å². The Labute approximate surface area is 162 Å². The number of para-hydroxylation sites is 1. The van der Waals surface area contributed by atoms with Crippen molar-refractivity contribution < 1.29 is 4.74 Å². The predicted octanol–water partition coefficient (Wildman–Crippen LogP) is 3.46. The minimum absolute atomic E-state index is 0.146. The van der Waals surface area contributed by atoms with Gasteiger partial charge in [0.2, 0.25) is 0 Å². The molecular weight excluding hydrogens is 336 g/mol. The summed E-state index contributed by atoms with van der Waals surface area (Å²) in [5.74, 6) is 1.41. The summed E-state index contributed by atoms with van der Waals surface area (Å²) < 4.78 is 5.70. The van der Waals surface area contributed by atoms with Crippen LogP contribution in [0.5, 0.6) is 5.75 Å². The van der Waals surface area contributed by atoms with Crippen molar-refractivity contribution in [2.75, 3.05) is 19.7 Å². The van der Waals surface area contributed by atoms with Crippen LogP contribution >= 0.6 is 0 Å². The third kappa shape index (κ3) is 5.23. The molecule has 1 heterocycles. The van der Waals surface area contributed by atoms with Gasteiger partial charge in [0.1, 0.15) is 5.75 Å². The average Bonchev–Trinajstić information content (AvgIpc) is 2.71. The molecule has 0 bridgehead atoms. The number of nitrogens with zero attached hydrogens (tertiary/aromatic N) is 2. The maximum atomic E-state index is 6.16. The van der Waals surface area contributed by atoms with Crippen molar-refractivity contribution >= 4 is 5.96 Å². The first kappa shape index (κ1) is 19.2. The number of hydrogen-bond acceptors (Lipinski definition) is 3. The highest BCUT2D eigenvalue weighted by Gasteiger charge is 2.21. The van der Waals surface area contributed by atoms with Crippen molar-refractivity contribution in [1.82, 2.24) is 10.2 Å². The molecule has 1 aliphatic heterocycles. The molecule has 3 rings (SSSR count). The molecule has 5 heteroatoms.